The largest absolute Gasteiger partial charge is 0.301 e. The summed E-state index contributed by atoms with van der Waals surface area (Å²) in [6.45, 7) is 2.09. The number of aromatic nitrogens is 2. The lowest BCUT2D eigenvalue weighted by molar-refractivity contribution is 0.295. The molecular formula is C18H17N3. The van der Waals surface area contributed by atoms with E-state index in [1.54, 1.807) is 0 Å². The third-order valence-electron chi connectivity index (χ3n) is 4.34. The van der Waals surface area contributed by atoms with Crippen molar-refractivity contribution in [3.05, 3.63) is 71.5 Å². The standard InChI is InChI=1S/C18H17N3/c1-21-11-15-4-2-3-5-17(15)18(12-21)13-6-7-14-9-19-20-10-16(14)8-13/h2-10,18H,11-12H2,1H3. The maximum Gasteiger partial charge on any atom is 0.0574 e. The van der Waals surface area contributed by atoms with Crippen molar-refractivity contribution < 1.29 is 0 Å². The van der Waals surface area contributed by atoms with Crippen LogP contribution in [0.1, 0.15) is 22.6 Å². The first kappa shape index (κ1) is 12.5. The number of hydrogen-bond donors (Lipinski definition) is 0. The Morgan fingerprint density at radius 2 is 1.81 bits per heavy atom. The Kier molecular flexibility index (Phi) is 2.93. The third-order valence-corrected chi connectivity index (χ3v) is 4.34. The lowest BCUT2D eigenvalue weighted by Crippen LogP contribution is -2.30. The van der Waals surface area contributed by atoms with Gasteiger partial charge in [-0.1, -0.05) is 36.4 Å². The fraction of sp³-hybridized carbons (Fsp3) is 0.222. The van der Waals surface area contributed by atoms with Gasteiger partial charge in [0.25, 0.3) is 0 Å². The van der Waals surface area contributed by atoms with Gasteiger partial charge in [-0.05, 0) is 29.8 Å². The summed E-state index contributed by atoms with van der Waals surface area (Å²) in [5.41, 5.74) is 4.25. The molecule has 3 heteroatoms. The molecule has 0 spiro atoms. The molecule has 0 saturated heterocycles. The zero-order valence-electron chi connectivity index (χ0n) is 12.0. The Labute approximate surface area is 124 Å². The zero-order valence-corrected chi connectivity index (χ0v) is 12.0. The van der Waals surface area contributed by atoms with E-state index >= 15 is 0 Å². The molecule has 104 valence electrons. The van der Waals surface area contributed by atoms with Gasteiger partial charge in [0, 0.05) is 29.8 Å². The summed E-state index contributed by atoms with van der Waals surface area (Å²) in [7, 11) is 2.19. The topological polar surface area (TPSA) is 29.0 Å². The highest BCUT2D eigenvalue weighted by Crippen LogP contribution is 2.33. The van der Waals surface area contributed by atoms with Crippen LogP contribution in [0.2, 0.25) is 0 Å². The highest BCUT2D eigenvalue weighted by atomic mass is 15.1. The fourth-order valence-corrected chi connectivity index (χ4v) is 3.30. The van der Waals surface area contributed by atoms with E-state index in [-0.39, 0.29) is 0 Å². The molecule has 1 aromatic heterocycles. The molecule has 0 saturated carbocycles. The van der Waals surface area contributed by atoms with Crippen molar-refractivity contribution in [2.75, 3.05) is 13.6 Å². The smallest absolute Gasteiger partial charge is 0.0574 e. The number of nitrogens with zero attached hydrogens (tertiary/aromatic N) is 3. The van der Waals surface area contributed by atoms with Crippen molar-refractivity contribution in [2.24, 2.45) is 0 Å². The predicted molar refractivity (Wildman–Crippen MR) is 84.2 cm³/mol. The molecule has 2 heterocycles. The predicted octanol–water partition coefficient (Wildman–Crippen LogP) is 3.21. The number of benzene rings is 2. The quantitative estimate of drug-likeness (QED) is 0.683. The molecule has 0 amide bonds. The van der Waals surface area contributed by atoms with Gasteiger partial charge in [0.1, 0.15) is 0 Å². The molecule has 0 N–H and O–H groups in total. The van der Waals surface area contributed by atoms with E-state index in [0.717, 1.165) is 23.9 Å². The van der Waals surface area contributed by atoms with Crippen molar-refractivity contribution in [1.29, 1.82) is 0 Å². The first-order valence-electron chi connectivity index (χ1n) is 7.28. The average Bonchev–Trinajstić information content (AvgIpc) is 2.53. The average molecular weight is 275 g/mol. The second kappa shape index (κ2) is 4.93. The van der Waals surface area contributed by atoms with Crippen LogP contribution >= 0.6 is 0 Å². The summed E-state index contributed by atoms with van der Waals surface area (Å²) in [6.07, 6.45) is 3.66. The second-order valence-corrected chi connectivity index (χ2v) is 5.83. The number of fused-ring (bicyclic) bond motifs is 2. The Morgan fingerprint density at radius 3 is 2.71 bits per heavy atom. The van der Waals surface area contributed by atoms with Gasteiger partial charge in [0.2, 0.25) is 0 Å². The van der Waals surface area contributed by atoms with E-state index in [1.165, 1.54) is 16.7 Å². The monoisotopic (exact) mass is 275 g/mol. The van der Waals surface area contributed by atoms with Gasteiger partial charge in [0.05, 0.1) is 12.4 Å². The normalized spacial score (nSPS) is 18.6. The lowest BCUT2D eigenvalue weighted by Gasteiger charge is -2.32. The minimum atomic E-state index is 0.428. The highest BCUT2D eigenvalue weighted by molar-refractivity contribution is 5.81. The summed E-state index contributed by atoms with van der Waals surface area (Å²) in [5.74, 6) is 0.428. The van der Waals surface area contributed by atoms with Gasteiger partial charge in [-0.2, -0.15) is 10.2 Å². The van der Waals surface area contributed by atoms with Gasteiger partial charge in [-0.15, -0.1) is 0 Å². The van der Waals surface area contributed by atoms with Gasteiger partial charge in [-0.3, -0.25) is 0 Å². The van der Waals surface area contributed by atoms with Crippen LogP contribution in [0.25, 0.3) is 10.8 Å². The number of rotatable bonds is 1. The molecule has 0 bridgehead atoms. The van der Waals surface area contributed by atoms with Crippen LogP contribution in [-0.2, 0) is 6.54 Å². The summed E-state index contributed by atoms with van der Waals surface area (Å²) in [6, 6.07) is 15.4. The first-order chi connectivity index (χ1) is 10.3. The molecule has 0 aliphatic carbocycles. The minimum Gasteiger partial charge on any atom is -0.301 e. The van der Waals surface area contributed by atoms with Gasteiger partial charge in [-0.25, -0.2) is 0 Å². The van der Waals surface area contributed by atoms with Crippen LogP contribution in [0.3, 0.4) is 0 Å². The number of likely N-dealkylation sites (N-methyl/N-ethyl adjacent to an activating group) is 1. The maximum absolute atomic E-state index is 4.00. The van der Waals surface area contributed by atoms with Crippen molar-refractivity contribution in [2.45, 2.75) is 12.5 Å². The molecule has 0 fully saturated rings. The van der Waals surface area contributed by atoms with Crippen LogP contribution < -0.4 is 0 Å². The number of hydrogen-bond acceptors (Lipinski definition) is 3. The zero-order chi connectivity index (χ0) is 14.2. The van der Waals surface area contributed by atoms with Gasteiger partial charge >= 0.3 is 0 Å². The summed E-state index contributed by atoms with van der Waals surface area (Å²) < 4.78 is 0. The van der Waals surface area contributed by atoms with Crippen LogP contribution in [0.5, 0.6) is 0 Å². The van der Waals surface area contributed by atoms with E-state index < -0.39 is 0 Å². The summed E-state index contributed by atoms with van der Waals surface area (Å²) >= 11 is 0. The Morgan fingerprint density at radius 1 is 1.00 bits per heavy atom. The molecule has 0 radical (unpaired) electrons. The van der Waals surface area contributed by atoms with E-state index in [1.807, 2.05) is 12.4 Å². The Bertz CT molecular complexity index is 797. The van der Waals surface area contributed by atoms with Crippen LogP contribution in [0.15, 0.2) is 54.9 Å². The van der Waals surface area contributed by atoms with E-state index in [9.17, 15) is 0 Å². The van der Waals surface area contributed by atoms with Crippen molar-refractivity contribution in [1.82, 2.24) is 15.1 Å². The van der Waals surface area contributed by atoms with E-state index in [4.69, 9.17) is 0 Å². The molecule has 21 heavy (non-hydrogen) atoms. The second-order valence-electron chi connectivity index (χ2n) is 5.83. The SMILES string of the molecule is CN1Cc2ccccc2C(c2ccc3cnncc3c2)C1. The molecule has 1 atom stereocenters. The molecule has 1 unspecified atom stereocenters. The molecular weight excluding hydrogens is 258 g/mol. The fourth-order valence-electron chi connectivity index (χ4n) is 3.30. The first-order valence-corrected chi connectivity index (χ1v) is 7.28. The van der Waals surface area contributed by atoms with Crippen molar-refractivity contribution in [3.63, 3.8) is 0 Å². The Hall–Kier alpha value is -2.26. The molecule has 3 aromatic rings. The summed E-state index contributed by atoms with van der Waals surface area (Å²) in [5, 5.41) is 10.2. The molecule has 1 aliphatic heterocycles. The highest BCUT2D eigenvalue weighted by Gasteiger charge is 2.24. The minimum absolute atomic E-state index is 0.428. The molecule has 3 nitrogen and oxygen atoms in total. The van der Waals surface area contributed by atoms with Crippen LogP contribution in [0.4, 0.5) is 0 Å². The van der Waals surface area contributed by atoms with Gasteiger partial charge < -0.3 is 4.90 Å². The summed E-state index contributed by atoms with van der Waals surface area (Å²) in [4.78, 5) is 2.39. The molecule has 2 aromatic carbocycles. The Balaban J connectivity index is 1.84. The maximum atomic E-state index is 4.00. The molecule has 1 aliphatic rings. The van der Waals surface area contributed by atoms with Gasteiger partial charge in [0.15, 0.2) is 0 Å². The van der Waals surface area contributed by atoms with E-state index in [0.29, 0.717) is 5.92 Å². The van der Waals surface area contributed by atoms with Crippen molar-refractivity contribution in [3.8, 4) is 0 Å². The molecule has 4 rings (SSSR count). The lowest BCUT2D eigenvalue weighted by atomic mass is 9.84. The van der Waals surface area contributed by atoms with Crippen molar-refractivity contribution >= 4 is 10.8 Å². The van der Waals surface area contributed by atoms with Crippen LogP contribution in [0, 0.1) is 0 Å². The third kappa shape index (κ3) is 2.20. The van der Waals surface area contributed by atoms with E-state index in [2.05, 4.69) is 64.6 Å². The van der Waals surface area contributed by atoms with Crippen LogP contribution in [-0.4, -0.2) is 28.7 Å².